The predicted molar refractivity (Wildman–Crippen MR) is 92.5 cm³/mol. The summed E-state index contributed by atoms with van der Waals surface area (Å²) in [5.74, 6) is 2.98. The highest BCUT2D eigenvalue weighted by atomic mass is 28.5. The van der Waals surface area contributed by atoms with Gasteiger partial charge >= 0.3 is 17.1 Å². The summed E-state index contributed by atoms with van der Waals surface area (Å²) in [6.45, 7) is 21.2. The lowest BCUT2D eigenvalue weighted by molar-refractivity contribution is 0.338. The van der Waals surface area contributed by atoms with Crippen LogP contribution in [0.1, 0.15) is 6.92 Å². The van der Waals surface area contributed by atoms with Gasteiger partial charge in [-0.15, -0.1) is 5.92 Å². The SMILES string of the molecule is CC#C[Si](C)(O[Si](C)(C)C)O[Si](C)(C)O[Si](C)(C)C. The molecule has 112 valence electrons. The molecule has 0 aliphatic rings. The van der Waals surface area contributed by atoms with Gasteiger partial charge in [0.15, 0.2) is 16.6 Å². The molecule has 0 saturated carbocycles. The highest BCUT2D eigenvalue weighted by molar-refractivity contribution is 6.92. The largest absolute Gasteiger partial charge is 0.437 e. The third-order valence-electron chi connectivity index (χ3n) is 1.85. The molecule has 0 aliphatic heterocycles. The zero-order chi connectivity index (χ0) is 15.5. The normalized spacial score (nSPS) is 16.5. The second-order valence-electron chi connectivity index (χ2n) is 7.25. The first-order valence-electron chi connectivity index (χ1n) is 6.72. The van der Waals surface area contributed by atoms with E-state index in [0.717, 1.165) is 0 Å². The monoisotopic (exact) mass is 334 g/mol. The fourth-order valence-corrected chi connectivity index (χ4v) is 18.4. The van der Waals surface area contributed by atoms with E-state index >= 15 is 0 Å². The van der Waals surface area contributed by atoms with Crippen molar-refractivity contribution < 1.29 is 12.3 Å². The first kappa shape index (κ1) is 19.3. The van der Waals surface area contributed by atoms with E-state index in [4.69, 9.17) is 12.3 Å². The summed E-state index contributed by atoms with van der Waals surface area (Å²) >= 11 is 0. The molecule has 19 heavy (non-hydrogen) atoms. The van der Waals surface area contributed by atoms with Crippen LogP contribution in [0.2, 0.25) is 58.9 Å². The van der Waals surface area contributed by atoms with Crippen LogP contribution in [0.4, 0.5) is 0 Å². The molecule has 0 rings (SSSR count). The smallest absolute Gasteiger partial charge is 0.401 e. The topological polar surface area (TPSA) is 27.7 Å². The maximum absolute atomic E-state index is 6.35. The van der Waals surface area contributed by atoms with Gasteiger partial charge in [0.25, 0.3) is 0 Å². The minimum atomic E-state index is -2.46. The lowest BCUT2D eigenvalue weighted by Crippen LogP contribution is -2.56. The molecule has 0 N–H and O–H groups in total. The van der Waals surface area contributed by atoms with Gasteiger partial charge in [-0.05, 0) is 65.8 Å². The van der Waals surface area contributed by atoms with Crippen molar-refractivity contribution in [3.63, 3.8) is 0 Å². The Kier molecular flexibility index (Phi) is 6.49. The Hall–Kier alpha value is 0.308. The molecule has 0 bridgehead atoms. The molecule has 3 nitrogen and oxygen atoms in total. The molecule has 0 spiro atoms. The zero-order valence-electron chi connectivity index (χ0n) is 14.2. The molecule has 1 atom stereocenters. The molecule has 7 heteroatoms. The van der Waals surface area contributed by atoms with Crippen LogP contribution in [-0.2, 0) is 12.3 Å². The summed E-state index contributed by atoms with van der Waals surface area (Å²) in [5, 5.41) is 0. The molecule has 0 amide bonds. The molecule has 0 aromatic carbocycles. The van der Waals surface area contributed by atoms with Crippen molar-refractivity contribution in [2.45, 2.75) is 65.8 Å². The molecule has 0 aliphatic carbocycles. The summed E-state index contributed by atoms with van der Waals surface area (Å²) in [4.78, 5) is 0. The van der Waals surface area contributed by atoms with E-state index in [1.165, 1.54) is 0 Å². The van der Waals surface area contributed by atoms with E-state index in [0.29, 0.717) is 0 Å². The van der Waals surface area contributed by atoms with Crippen LogP contribution < -0.4 is 0 Å². The van der Waals surface area contributed by atoms with Crippen molar-refractivity contribution in [2.24, 2.45) is 0 Å². The van der Waals surface area contributed by atoms with Crippen molar-refractivity contribution >= 4 is 33.8 Å². The van der Waals surface area contributed by atoms with E-state index in [1.807, 2.05) is 13.5 Å². The van der Waals surface area contributed by atoms with Crippen molar-refractivity contribution in [3.05, 3.63) is 0 Å². The Morgan fingerprint density at radius 1 is 0.632 bits per heavy atom. The fourth-order valence-electron chi connectivity index (χ4n) is 2.11. The molecule has 1 unspecified atom stereocenters. The summed E-state index contributed by atoms with van der Waals surface area (Å²) < 4.78 is 18.9. The minimum absolute atomic E-state index is 1.61. The van der Waals surface area contributed by atoms with E-state index in [9.17, 15) is 0 Å². The highest BCUT2D eigenvalue weighted by Gasteiger charge is 2.43. The van der Waals surface area contributed by atoms with Crippen molar-refractivity contribution in [1.29, 1.82) is 0 Å². The first-order valence-corrected chi connectivity index (χ1v) is 18.7. The number of rotatable bonds is 6. The fraction of sp³-hybridized carbons (Fsp3) is 0.833. The van der Waals surface area contributed by atoms with Crippen LogP contribution in [0.15, 0.2) is 0 Å². The van der Waals surface area contributed by atoms with Gasteiger partial charge in [-0.25, -0.2) is 0 Å². The molecule has 0 saturated heterocycles. The van der Waals surface area contributed by atoms with Crippen LogP contribution in [0, 0.1) is 11.5 Å². The minimum Gasteiger partial charge on any atom is -0.437 e. The third-order valence-corrected chi connectivity index (χ3v) is 14.5. The summed E-state index contributed by atoms with van der Waals surface area (Å²) in [6.07, 6.45) is 0. The van der Waals surface area contributed by atoms with Crippen LogP contribution in [0.3, 0.4) is 0 Å². The molecule has 0 heterocycles. The Bertz CT molecular complexity index is 360. The molecular formula is C12H30O3Si4. The molecule has 0 fully saturated rings. The number of hydrogen-bond acceptors (Lipinski definition) is 3. The molecule has 0 aromatic heterocycles. The Morgan fingerprint density at radius 2 is 1.05 bits per heavy atom. The van der Waals surface area contributed by atoms with Gasteiger partial charge in [0.1, 0.15) is 0 Å². The Balaban J connectivity index is 5.06. The van der Waals surface area contributed by atoms with E-state index in [2.05, 4.69) is 63.8 Å². The Morgan fingerprint density at radius 3 is 1.37 bits per heavy atom. The van der Waals surface area contributed by atoms with Crippen LogP contribution >= 0.6 is 0 Å². The van der Waals surface area contributed by atoms with Gasteiger partial charge in [0.05, 0.1) is 0 Å². The highest BCUT2D eigenvalue weighted by Crippen LogP contribution is 2.23. The molecular weight excluding hydrogens is 304 g/mol. The predicted octanol–water partition coefficient (Wildman–Crippen LogP) is 4.04. The van der Waals surface area contributed by atoms with Crippen LogP contribution in [-0.4, -0.2) is 33.8 Å². The van der Waals surface area contributed by atoms with Gasteiger partial charge in [-0.2, -0.15) is 0 Å². The standard InChI is InChI=1S/C12H30O3Si4/c1-11-12-19(10,14-17(5,6)7)15-18(8,9)13-16(2,3)4/h1-10H3. The van der Waals surface area contributed by atoms with Gasteiger partial charge < -0.3 is 12.3 Å². The summed E-state index contributed by atoms with van der Waals surface area (Å²) in [6, 6.07) is 0. The van der Waals surface area contributed by atoms with Crippen LogP contribution in [0.25, 0.3) is 0 Å². The van der Waals surface area contributed by atoms with Crippen molar-refractivity contribution in [1.82, 2.24) is 0 Å². The van der Waals surface area contributed by atoms with Gasteiger partial charge in [0.2, 0.25) is 0 Å². The lowest BCUT2D eigenvalue weighted by Gasteiger charge is -2.38. The van der Waals surface area contributed by atoms with Gasteiger partial charge in [0, 0.05) is 0 Å². The molecule has 0 aromatic rings. The van der Waals surface area contributed by atoms with Gasteiger partial charge in [-0.1, -0.05) is 5.54 Å². The lowest BCUT2D eigenvalue weighted by atomic mass is 10.8. The second-order valence-corrected chi connectivity index (χ2v) is 23.1. The number of hydrogen-bond donors (Lipinski definition) is 0. The van der Waals surface area contributed by atoms with Gasteiger partial charge in [-0.3, -0.25) is 0 Å². The zero-order valence-corrected chi connectivity index (χ0v) is 18.2. The third kappa shape index (κ3) is 9.78. The molecule has 0 radical (unpaired) electrons. The van der Waals surface area contributed by atoms with Crippen molar-refractivity contribution in [3.8, 4) is 11.5 Å². The van der Waals surface area contributed by atoms with E-state index in [-0.39, 0.29) is 0 Å². The van der Waals surface area contributed by atoms with Crippen LogP contribution in [0.5, 0.6) is 0 Å². The maximum atomic E-state index is 6.35. The van der Waals surface area contributed by atoms with Crippen molar-refractivity contribution in [2.75, 3.05) is 0 Å². The second kappa shape index (κ2) is 6.38. The quantitative estimate of drug-likeness (QED) is 0.542. The summed E-state index contributed by atoms with van der Waals surface area (Å²) in [5.41, 5.74) is 3.21. The maximum Gasteiger partial charge on any atom is 0.401 e. The Labute approximate surface area is 123 Å². The van der Waals surface area contributed by atoms with E-state index < -0.39 is 33.8 Å². The first-order chi connectivity index (χ1) is 8.18. The average Bonchev–Trinajstić information content (AvgIpc) is 1.90. The summed E-state index contributed by atoms with van der Waals surface area (Å²) in [7, 11) is -7.94. The average molecular weight is 335 g/mol. The van der Waals surface area contributed by atoms with E-state index in [1.54, 1.807) is 0 Å².